The van der Waals surface area contributed by atoms with Gasteiger partial charge in [-0.15, -0.1) is 0 Å². The Morgan fingerprint density at radius 3 is 1.12 bits per heavy atom. The summed E-state index contributed by atoms with van der Waals surface area (Å²) in [5, 5.41) is 87.8. The van der Waals surface area contributed by atoms with Crippen molar-refractivity contribution in [2.45, 2.75) is 415 Å². The molecule has 14 heteroatoms. The normalized spacial score (nSPS) is 22.7. The van der Waals surface area contributed by atoms with Crippen LogP contribution in [0.25, 0.3) is 0 Å². The third-order valence-electron chi connectivity index (χ3n) is 19.2. The first-order chi connectivity index (χ1) is 46.6. The van der Waals surface area contributed by atoms with Crippen LogP contribution in [0.3, 0.4) is 0 Å². The van der Waals surface area contributed by atoms with Crippen molar-refractivity contribution in [2.24, 2.45) is 0 Å². The Bertz CT molecular complexity index is 1870. The molecule has 9 N–H and O–H groups in total. The summed E-state index contributed by atoms with van der Waals surface area (Å²) < 4.78 is 23.0. The highest BCUT2D eigenvalue weighted by Gasteiger charge is 2.51. The molecule has 554 valence electrons. The molecule has 0 aromatic carbocycles. The highest BCUT2D eigenvalue weighted by atomic mass is 16.7. The van der Waals surface area contributed by atoms with Crippen LogP contribution >= 0.6 is 0 Å². The van der Waals surface area contributed by atoms with Gasteiger partial charge in [-0.05, 0) is 64.2 Å². The number of hydrogen-bond acceptors (Lipinski definition) is 13. The fourth-order valence-electron chi connectivity index (χ4n) is 13.0. The topological polar surface area (TPSA) is 228 Å². The maximum atomic E-state index is 13.4. The number of carbonyl (C=O) groups is 1. The molecule has 2 rings (SSSR count). The van der Waals surface area contributed by atoms with Crippen LogP contribution in [0.2, 0.25) is 0 Å². The maximum absolute atomic E-state index is 13.4. The number of aliphatic hydroxyl groups is 8. The minimum absolute atomic E-state index is 0.201. The zero-order chi connectivity index (χ0) is 68.7. The van der Waals surface area contributed by atoms with Crippen LogP contribution in [-0.2, 0) is 23.7 Å². The second-order valence-electron chi connectivity index (χ2n) is 27.8. The minimum atomic E-state index is -1.78. The molecule has 14 nitrogen and oxygen atoms in total. The lowest BCUT2D eigenvalue weighted by Gasteiger charge is -2.46. The molecule has 2 heterocycles. The smallest absolute Gasteiger partial charge is 0.220 e. The van der Waals surface area contributed by atoms with E-state index in [1.807, 2.05) is 0 Å². The molecule has 0 radical (unpaired) electrons. The fourth-order valence-corrected chi connectivity index (χ4v) is 13.0. The van der Waals surface area contributed by atoms with Gasteiger partial charge in [-0.1, -0.05) is 344 Å². The first-order valence-corrected chi connectivity index (χ1v) is 39.7. The molecule has 0 aliphatic carbocycles. The number of ether oxygens (including phenoxy) is 4. The van der Waals surface area contributed by atoms with E-state index in [9.17, 15) is 45.6 Å². The van der Waals surface area contributed by atoms with Crippen LogP contribution in [-0.4, -0.2) is 140 Å². The lowest BCUT2D eigenvalue weighted by molar-refractivity contribution is -0.359. The lowest BCUT2D eigenvalue weighted by atomic mass is 9.97. The summed E-state index contributed by atoms with van der Waals surface area (Å²) in [5.74, 6) is -0.201. The van der Waals surface area contributed by atoms with Crippen molar-refractivity contribution in [1.29, 1.82) is 0 Å². The molecular weight excluding hydrogens is 1190 g/mol. The van der Waals surface area contributed by atoms with Crippen molar-refractivity contribution >= 4 is 5.91 Å². The summed E-state index contributed by atoms with van der Waals surface area (Å²) in [6.45, 7) is 2.80. The van der Waals surface area contributed by atoms with Gasteiger partial charge in [0, 0.05) is 6.42 Å². The van der Waals surface area contributed by atoms with E-state index in [-0.39, 0.29) is 12.5 Å². The van der Waals surface area contributed by atoms with Gasteiger partial charge in [0.2, 0.25) is 5.91 Å². The third kappa shape index (κ3) is 48.0. The molecule has 0 spiro atoms. The van der Waals surface area contributed by atoms with Crippen LogP contribution in [0.4, 0.5) is 0 Å². The molecule has 0 aromatic rings. The molecule has 12 atom stereocenters. The summed E-state index contributed by atoms with van der Waals surface area (Å²) in [7, 11) is 0. The second kappa shape index (κ2) is 64.8. The Kier molecular flexibility index (Phi) is 60.4. The monoisotopic (exact) mass is 1340 g/mol. The summed E-state index contributed by atoms with van der Waals surface area (Å²) in [6, 6.07) is -0.831. The number of unbranched alkanes of at least 4 members (excludes halogenated alkanes) is 41. The largest absolute Gasteiger partial charge is 0.394 e. The predicted octanol–water partition coefficient (Wildman–Crippen LogP) is 17.7. The van der Waals surface area contributed by atoms with Gasteiger partial charge < -0.3 is 65.1 Å². The zero-order valence-electron chi connectivity index (χ0n) is 60.7. The molecule has 1 amide bonds. The summed E-state index contributed by atoms with van der Waals surface area (Å²) >= 11 is 0. The number of aliphatic hydroxyl groups excluding tert-OH is 8. The van der Waals surface area contributed by atoms with E-state index in [1.165, 1.54) is 225 Å². The van der Waals surface area contributed by atoms with Crippen LogP contribution in [0.1, 0.15) is 341 Å². The van der Waals surface area contributed by atoms with Crippen LogP contribution in [0, 0.1) is 0 Å². The van der Waals surface area contributed by atoms with Gasteiger partial charge in [0.15, 0.2) is 12.6 Å². The number of carbonyl (C=O) groups excluding carboxylic acids is 1. The Hall–Kier alpha value is -2.57. The first-order valence-electron chi connectivity index (χ1n) is 39.7. The molecule has 0 bridgehead atoms. The summed E-state index contributed by atoms with van der Waals surface area (Å²) in [4.78, 5) is 13.4. The Morgan fingerprint density at radius 2 is 0.726 bits per heavy atom. The molecule has 2 fully saturated rings. The standard InChI is InChI=1S/C81H147NO13/c1-3-5-7-9-11-13-15-17-19-21-23-25-27-28-29-30-31-32-33-34-35-36-37-38-39-40-41-42-43-45-47-49-51-53-55-57-59-61-63-65-73(86)82-69(68-92-80-78(91)76(89)79(72(67-84)94-80)95-81-77(90)75(88)74(87)71(66-83)93-81)70(85)64-62-60-58-56-54-52-50-48-46-44-26-24-22-20-18-16-14-12-10-8-6-4-2/h5,7,11,13,17,19,23,25,28-29,31-32,69-72,74-81,83-85,87-91H,3-4,6,8-10,12,14-16,18,20-22,24,26-27,30,33-68H2,1-2H3,(H,82,86)/b7-5-,13-11-,19-17-,25-23-,29-28-,32-31-. The van der Waals surface area contributed by atoms with Gasteiger partial charge in [0.05, 0.1) is 32.0 Å². The summed E-state index contributed by atoms with van der Waals surface area (Å²) in [5.41, 5.74) is 0. The van der Waals surface area contributed by atoms with Crippen molar-refractivity contribution < 1.29 is 64.6 Å². The van der Waals surface area contributed by atoms with E-state index < -0.39 is 86.8 Å². The minimum Gasteiger partial charge on any atom is -0.394 e. The molecule has 0 saturated carbocycles. The van der Waals surface area contributed by atoms with E-state index >= 15 is 0 Å². The predicted molar refractivity (Wildman–Crippen MR) is 392 cm³/mol. The number of amides is 1. The van der Waals surface area contributed by atoms with E-state index in [1.54, 1.807) is 0 Å². The Morgan fingerprint density at radius 1 is 0.389 bits per heavy atom. The van der Waals surface area contributed by atoms with Crippen LogP contribution in [0.5, 0.6) is 0 Å². The maximum Gasteiger partial charge on any atom is 0.220 e. The fraction of sp³-hybridized carbons (Fsp3) is 0.840. The van der Waals surface area contributed by atoms with E-state index in [0.29, 0.717) is 12.8 Å². The van der Waals surface area contributed by atoms with E-state index in [4.69, 9.17) is 18.9 Å². The molecule has 2 saturated heterocycles. The quantitative estimate of drug-likeness (QED) is 0.0204. The number of allylic oxidation sites excluding steroid dienone is 12. The highest BCUT2D eigenvalue weighted by Crippen LogP contribution is 2.30. The SMILES string of the molecule is CC/C=C\C/C=C\C/C=C\C/C=C\C/C=C\C/C=C\CCCCCCCCCCCCCCCCCCCCCCC(=O)NC(COC1OC(CO)C(OC2OC(CO)C(O)C(O)C2O)C(O)C1O)C(O)CCCCCCCCCCCCCCCCCCCCCCCC. The molecular formula is C81H147NO13. The average molecular weight is 1340 g/mol. The Labute approximate surface area is 580 Å². The van der Waals surface area contributed by atoms with E-state index in [2.05, 4.69) is 92.1 Å². The average Bonchev–Trinajstić information content (AvgIpc) is 0.801. The van der Waals surface area contributed by atoms with Gasteiger partial charge in [-0.3, -0.25) is 4.79 Å². The van der Waals surface area contributed by atoms with Gasteiger partial charge in [0.1, 0.15) is 48.8 Å². The first kappa shape index (κ1) is 88.5. The Balaban J connectivity index is 1.58. The van der Waals surface area contributed by atoms with Crippen molar-refractivity contribution in [3.8, 4) is 0 Å². The molecule has 2 aliphatic heterocycles. The van der Waals surface area contributed by atoms with Crippen LogP contribution in [0.15, 0.2) is 72.9 Å². The van der Waals surface area contributed by atoms with Gasteiger partial charge in [0.25, 0.3) is 0 Å². The van der Waals surface area contributed by atoms with Gasteiger partial charge in [-0.2, -0.15) is 0 Å². The third-order valence-corrected chi connectivity index (χ3v) is 19.2. The molecule has 95 heavy (non-hydrogen) atoms. The molecule has 2 aliphatic rings. The lowest BCUT2D eigenvalue weighted by Crippen LogP contribution is -2.65. The van der Waals surface area contributed by atoms with Gasteiger partial charge in [-0.25, -0.2) is 0 Å². The van der Waals surface area contributed by atoms with Crippen LogP contribution < -0.4 is 5.32 Å². The summed E-state index contributed by atoms with van der Waals surface area (Å²) in [6.07, 6.45) is 72.2. The highest BCUT2D eigenvalue weighted by molar-refractivity contribution is 5.76. The number of nitrogens with one attached hydrogen (secondary N) is 1. The van der Waals surface area contributed by atoms with Crippen molar-refractivity contribution in [3.05, 3.63) is 72.9 Å². The molecule has 12 unspecified atom stereocenters. The van der Waals surface area contributed by atoms with Crippen molar-refractivity contribution in [3.63, 3.8) is 0 Å². The zero-order valence-corrected chi connectivity index (χ0v) is 60.7. The van der Waals surface area contributed by atoms with Gasteiger partial charge >= 0.3 is 0 Å². The van der Waals surface area contributed by atoms with Crippen molar-refractivity contribution in [2.75, 3.05) is 19.8 Å². The van der Waals surface area contributed by atoms with E-state index in [0.717, 1.165) is 89.9 Å². The number of rotatable bonds is 66. The second-order valence-corrected chi connectivity index (χ2v) is 27.8. The number of hydrogen-bond donors (Lipinski definition) is 9. The molecule has 0 aromatic heterocycles. The van der Waals surface area contributed by atoms with Crippen molar-refractivity contribution in [1.82, 2.24) is 5.32 Å².